The molecule has 0 N–H and O–H groups in total. The quantitative estimate of drug-likeness (QED) is 0.762. The molecule has 0 radical (unpaired) electrons. The number of rotatable bonds is 1. The van der Waals surface area contributed by atoms with Crippen LogP contribution in [-0.4, -0.2) is 10.8 Å². The molecule has 3 rings (SSSR count). The summed E-state index contributed by atoms with van der Waals surface area (Å²) in [5.74, 6) is 0.757. The van der Waals surface area contributed by atoms with Gasteiger partial charge in [-0.15, -0.1) is 0 Å². The Bertz CT molecular complexity index is 645. The lowest BCUT2D eigenvalue weighted by Gasteiger charge is -2.21. The molecule has 2 aromatic rings. The third kappa shape index (κ3) is 2.19. The van der Waals surface area contributed by atoms with Crippen LogP contribution in [-0.2, 0) is 0 Å². The highest BCUT2D eigenvalue weighted by molar-refractivity contribution is 5.99. The molecular weight excluding hydrogens is 234 g/mol. The van der Waals surface area contributed by atoms with E-state index in [0.717, 1.165) is 28.7 Å². The van der Waals surface area contributed by atoms with Gasteiger partial charge < -0.3 is 0 Å². The van der Waals surface area contributed by atoms with Crippen molar-refractivity contribution >= 4 is 5.78 Å². The molecule has 1 aromatic heterocycles. The van der Waals surface area contributed by atoms with Gasteiger partial charge >= 0.3 is 0 Å². The molecule has 1 aliphatic carbocycles. The summed E-state index contributed by atoms with van der Waals surface area (Å²) in [7, 11) is 0. The Morgan fingerprint density at radius 2 is 2.00 bits per heavy atom. The van der Waals surface area contributed by atoms with Gasteiger partial charge in [0.15, 0.2) is 5.78 Å². The van der Waals surface area contributed by atoms with Crippen LogP contribution in [0.5, 0.6) is 0 Å². The summed E-state index contributed by atoms with van der Waals surface area (Å²) >= 11 is 0. The van der Waals surface area contributed by atoms with E-state index in [9.17, 15) is 4.79 Å². The number of nitrogens with zero attached hydrogens (tertiary/aromatic N) is 1. The van der Waals surface area contributed by atoms with Gasteiger partial charge in [0.1, 0.15) is 0 Å². The molecule has 0 saturated heterocycles. The van der Waals surface area contributed by atoms with Crippen LogP contribution in [0.2, 0.25) is 0 Å². The van der Waals surface area contributed by atoms with Gasteiger partial charge in [-0.1, -0.05) is 19.1 Å². The first kappa shape index (κ1) is 12.1. The van der Waals surface area contributed by atoms with E-state index in [1.54, 1.807) is 0 Å². The van der Waals surface area contributed by atoms with Crippen molar-refractivity contribution in [3.05, 3.63) is 53.3 Å². The topological polar surface area (TPSA) is 30.0 Å². The molecule has 0 fully saturated rings. The highest BCUT2D eigenvalue weighted by Crippen LogP contribution is 2.33. The molecule has 0 saturated carbocycles. The number of aromatic nitrogens is 1. The summed E-state index contributed by atoms with van der Waals surface area (Å²) in [6.45, 7) is 4.22. The Morgan fingerprint density at radius 1 is 1.16 bits per heavy atom. The maximum absolute atomic E-state index is 12.1. The number of pyridine rings is 1. The first-order chi connectivity index (χ1) is 9.15. The van der Waals surface area contributed by atoms with E-state index < -0.39 is 0 Å². The summed E-state index contributed by atoms with van der Waals surface area (Å²) in [6.07, 6.45) is 5.33. The maximum Gasteiger partial charge on any atom is 0.163 e. The van der Waals surface area contributed by atoms with E-state index in [-0.39, 0.29) is 5.78 Å². The van der Waals surface area contributed by atoms with Gasteiger partial charge in [0.2, 0.25) is 0 Å². The van der Waals surface area contributed by atoms with E-state index in [4.69, 9.17) is 0 Å². The number of hydrogen-bond acceptors (Lipinski definition) is 2. The molecule has 2 heteroatoms. The Balaban J connectivity index is 2.11. The lowest BCUT2D eigenvalue weighted by molar-refractivity contribution is 0.0968. The third-order valence-electron chi connectivity index (χ3n) is 3.90. The van der Waals surface area contributed by atoms with E-state index >= 15 is 0 Å². The minimum absolute atomic E-state index is 0.274. The van der Waals surface area contributed by atoms with E-state index in [2.05, 4.69) is 30.1 Å². The van der Waals surface area contributed by atoms with Crippen LogP contribution in [0.4, 0.5) is 0 Å². The number of ketones is 1. The highest BCUT2D eigenvalue weighted by Gasteiger charge is 2.22. The fourth-order valence-corrected chi connectivity index (χ4v) is 2.76. The largest absolute Gasteiger partial charge is 0.294 e. The standard InChI is InChI=1S/C17H17NO/c1-11-7-14(10-18-9-11)13-4-5-15-12(2)3-6-17(19)16(15)8-13/h4-5,7-10,12H,3,6H2,1-2H3. The van der Waals surface area contributed by atoms with Gasteiger partial charge in [-0.05, 0) is 48.1 Å². The van der Waals surface area contributed by atoms with Gasteiger partial charge in [0, 0.05) is 29.9 Å². The number of carbonyl (C=O) groups is 1. The molecule has 96 valence electrons. The molecular formula is C17H17NO. The summed E-state index contributed by atoms with van der Waals surface area (Å²) < 4.78 is 0. The molecule has 0 amide bonds. The molecule has 1 heterocycles. The van der Waals surface area contributed by atoms with Gasteiger partial charge in [0.25, 0.3) is 0 Å². The van der Waals surface area contributed by atoms with Crippen LogP contribution in [0.25, 0.3) is 11.1 Å². The van der Waals surface area contributed by atoms with Crippen molar-refractivity contribution in [3.63, 3.8) is 0 Å². The van der Waals surface area contributed by atoms with Gasteiger partial charge in [-0.2, -0.15) is 0 Å². The van der Waals surface area contributed by atoms with Crippen molar-refractivity contribution in [2.24, 2.45) is 0 Å². The molecule has 1 aromatic carbocycles. The zero-order valence-electron chi connectivity index (χ0n) is 11.3. The van der Waals surface area contributed by atoms with Gasteiger partial charge in [-0.25, -0.2) is 0 Å². The fourth-order valence-electron chi connectivity index (χ4n) is 2.76. The predicted molar refractivity (Wildman–Crippen MR) is 76.4 cm³/mol. The SMILES string of the molecule is Cc1cncc(-c2ccc3c(c2)C(=O)CCC3C)c1. The van der Waals surface area contributed by atoms with Crippen molar-refractivity contribution in [2.75, 3.05) is 0 Å². The van der Waals surface area contributed by atoms with Crippen LogP contribution in [0, 0.1) is 6.92 Å². The van der Waals surface area contributed by atoms with Crippen molar-refractivity contribution in [1.82, 2.24) is 4.98 Å². The number of fused-ring (bicyclic) bond motifs is 1. The second-order valence-electron chi connectivity index (χ2n) is 5.42. The first-order valence-electron chi connectivity index (χ1n) is 6.74. The van der Waals surface area contributed by atoms with Crippen molar-refractivity contribution in [2.45, 2.75) is 32.6 Å². The first-order valence-corrected chi connectivity index (χ1v) is 6.74. The molecule has 1 atom stereocenters. The van der Waals surface area contributed by atoms with Crippen LogP contribution < -0.4 is 0 Å². The van der Waals surface area contributed by atoms with E-state index in [1.165, 1.54) is 5.56 Å². The maximum atomic E-state index is 12.1. The fraction of sp³-hybridized carbons (Fsp3) is 0.294. The van der Waals surface area contributed by atoms with E-state index in [1.807, 2.05) is 25.4 Å². The highest BCUT2D eigenvalue weighted by atomic mass is 16.1. The number of Topliss-reactive ketones (excluding diaryl/α,β-unsaturated/α-hetero) is 1. The van der Waals surface area contributed by atoms with Crippen molar-refractivity contribution in [1.29, 1.82) is 0 Å². The zero-order chi connectivity index (χ0) is 13.4. The second kappa shape index (κ2) is 4.61. The number of benzene rings is 1. The summed E-state index contributed by atoms with van der Waals surface area (Å²) in [5, 5.41) is 0. The van der Waals surface area contributed by atoms with Crippen molar-refractivity contribution in [3.8, 4) is 11.1 Å². The van der Waals surface area contributed by atoms with Crippen molar-refractivity contribution < 1.29 is 4.79 Å². The monoisotopic (exact) mass is 251 g/mol. The van der Waals surface area contributed by atoms with Crippen LogP contribution in [0.15, 0.2) is 36.7 Å². The summed E-state index contributed by atoms with van der Waals surface area (Å²) in [5.41, 5.74) is 5.39. The average Bonchev–Trinajstić information content (AvgIpc) is 2.43. The summed E-state index contributed by atoms with van der Waals surface area (Å²) in [4.78, 5) is 16.3. The lowest BCUT2D eigenvalue weighted by atomic mass is 9.82. The molecule has 1 aliphatic rings. The molecule has 0 bridgehead atoms. The predicted octanol–water partition coefficient (Wildman–Crippen LogP) is 4.14. The smallest absolute Gasteiger partial charge is 0.163 e. The normalized spacial score (nSPS) is 18.2. The molecule has 19 heavy (non-hydrogen) atoms. The zero-order valence-corrected chi connectivity index (χ0v) is 11.3. The van der Waals surface area contributed by atoms with Crippen LogP contribution in [0.1, 0.15) is 47.2 Å². The van der Waals surface area contributed by atoms with Gasteiger partial charge in [0.05, 0.1) is 0 Å². The minimum Gasteiger partial charge on any atom is -0.294 e. The van der Waals surface area contributed by atoms with Crippen LogP contribution in [0.3, 0.4) is 0 Å². The van der Waals surface area contributed by atoms with E-state index in [0.29, 0.717) is 12.3 Å². The second-order valence-corrected chi connectivity index (χ2v) is 5.42. The van der Waals surface area contributed by atoms with Crippen LogP contribution >= 0.6 is 0 Å². The Kier molecular flexibility index (Phi) is 2.94. The third-order valence-corrected chi connectivity index (χ3v) is 3.90. The molecule has 0 aliphatic heterocycles. The molecule has 1 unspecified atom stereocenters. The summed E-state index contributed by atoms with van der Waals surface area (Å²) in [6, 6.07) is 8.34. The number of hydrogen-bond donors (Lipinski definition) is 0. The number of carbonyl (C=O) groups excluding carboxylic acids is 1. The number of aryl methyl sites for hydroxylation is 1. The minimum atomic E-state index is 0.274. The average molecular weight is 251 g/mol. The Hall–Kier alpha value is -1.96. The Labute approximate surface area is 113 Å². The molecule has 0 spiro atoms. The lowest BCUT2D eigenvalue weighted by Crippen LogP contribution is -2.13. The Morgan fingerprint density at radius 3 is 2.79 bits per heavy atom. The van der Waals surface area contributed by atoms with Gasteiger partial charge in [-0.3, -0.25) is 9.78 Å². The molecule has 2 nitrogen and oxygen atoms in total.